The van der Waals surface area contributed by atoms with Gasteiger partial charge in [-0.05, 0) is 38.8 Å². The van der Waals surface area contributed by atoms with Gasteiger partial charge < -0.3 is 14.9 Å². The number of hydrogen-bond donors (Lipinski definition) is 2. The second-order valence-electron chi connectivity index (χ2n) is 10.0. The number of nitrogens with zero attached hydrogens (tertiary/aromatic N) is 1. The largest absolute Gasteiger partial charge is 0.457 e. The lowest BCUT2D eigenvalue weighted by atomic mass is 9.73. The van der Waals surface area contributed by atoms with Crippen LogP contribution in [0.5, 0.6) is 0 Å². The van der Waals surface area contributed by atoms with Crippen molar-refractivity contribution in [3.63, 3.8) is 0 Å². The van der Waals surface area contributed by atoms with Crippen molar-refractivity contribution in [2.24, 2.45) is 17.3 Å². The van der Waals surface area contributed by atoms with E-state index in [0.29, 0.717) is 12.8 Å². The molecule has 2 N–H and O–H groups in total. The van der Waals surface area contributed by atoms with E-state index < -0.39 is 35.6 Å². The van der Waals surface area contributed by atoms with Gasteiger partial charge in [-0.1, -0.05) is 51.5 Å². The molecule has 1 aromatic heterocycles. The van der Waals surface area contributed by atoms with Crippen molar-refractivity contribution < 1.29 is 24.5 Å². The molecule has 0 saturated heterocycles. The smallest absolute Gasteiger partial charge is 0.309 e. The number of carbonyl (C=O) groups excluding carboxylic acids is 2. The Morgan fingerprint density at radius 3 is 2.53 bits per heavy atom. The van der Waals surface area contributed by atoms with Crippen LogP contribution in [0.3, 0.4) is 0 Å². The summed E-state index contributed by atoms with van der Waals surface area (Å²) in [7, 11) is 0. The predicted octanol–water partition coefficient (Wildman–Crippen LogP) is 5.04. The van der Waals surface area contributed by atoms with Crippen LogP contribution in [0.15, 0.2) is 34.8 Å². The Hall–Kier alpha value is -2.09. The molecule has 0 amide bonds. The second-order valence-corrected chi connectivity index (χ2v) is 11.1. The summed E-state index contributed by atoms with van der Waals surface area (Å²) in [5.41, 5.74) is 1.57. The van der Waals surface area contributed by atoms with Gasteiger partial charge in [0.15, 0.2) is 0 Å². The topological polar surface area (TPSA) is 96.7 Å². The lowest BCUT2D eigenvalue weighted by Crippen LogP contribution is -2.45. The fourth-order valence-corrected chi connectivity index (χ4v) is 4.62. The number of thiazole rings is 1. The molecule has 0 aliphatic carbocycles. The maximum absolute atomic E-state index is 13.1. The summed E-state index contributed by atoms with van der Waals surface area (Å²) in [5.74, 6) is -1.77. The third-order valence-electron chi connectivity index (χ3n) is 6.65. The van der Waals surface area contributed by atoms with Crippen molar-refractivity contribution in [2.75, 3.05) is 0 Å². The van der Waals surface area contributed by atoms with Gasteiger partial charge in [-0.25, -0.2) is 4.98 Å². The minimum Gasteiger partial charge on any atom is -0.457 e. The van der Waals surface area contributed by atoms with Gasteiger partial charge >= 0.3 is 5.97 Å². The van der Waals surface area contributed by atoms with Crippen molar-refractivity contribution in [3.8, 4) is 0 Å². The van der Waals surface area contributed by atoms with E-state index in [4.69, 9.17) is 4.74 Å². The van der Waals surface area contributed by atoms with E-state index >= 15 is 0 Å². The fraction of sp³-hybridized carbons (Fsp3) is 0.593. The highest BCUT2D eigenvalue weighted by Gasteiger charge is 2.42. The van der Waals surface area contributed by atoms with Crippen LogP contribution in [-0.2, 0) is 14.3 Å². The summed E-state index contributed by atoms with van der Waals surface area (Å²) in [5, 5.41) is 24.4. The Morgan fingerprint density at radius 1 is 1.24 bits per heavy atom. The average molecular weight is 490 g/mol. The zero-order valence-electron chi connectivity index (χ0n) is 21.4. The highest BCUT2D eigenvalue weighted by Crippen LogP contribution is 2.31. The van der Waals surface area contributed by atoms with E-state index in [1.54, 1.807) is 32.1 Å². The fourth-order valence-electron chi connectivity index (χ4n) is 4.05. The van der Waals surface area contributed by atoms with Gasteiger partial charge in [-0.15, -0.1) is 11.3 Å². The number of carbonyl (C=O) groups is 2. The average Bonchev–Trinajstić information content (AvgIpc) is 3.18. The maximum atomic E-state index is 13.1. The number of Topliss-reactive ketones (excluding diaryl/α,β-unsaturated/α-hetero) is 1. The molecule has 7 heteroatoms. The van der Waals surface area contributed by atoms with Crippen LogP contribution in [0.4, 0.5) is 0 Å². The Bertz CT molecular complexity index is 958. The number of aliphatic hydroxyl groups is 2. The van der Waals surface area contributed by atoms with Gasteiger partial charge in [0.2, 0.25) is 0 Å². The standard InChI is InChI=1S/C27H39NO5S/c1-16-9-8-10-17(2)25(31)19(4)26(32)27(6,7)23(29)14-24(30)33-22(12-11-16)18(3)13-21-15-34-20(5)28-21/h8,10-11,13,15,17,19,22-23,25,29,31H,9,12,14H2,1-7H3/b10-8+,16-11-,18-13+/t17-,19+,22?,23-,25-/m0/s1. The summed E-state index contributed by atoms with van der Waals surface area (Å²) < 4.78 is 5.79. The maximum Gasteiger partial charge on any atom is 0.309 e. The molecule has 2 rings (SSSR count). The first-order chi connectivity index (χ1) is 15.8. The van der Waals surface area contributed by atoms with Crippen LogP contribution in [0.2, 0.25) is 0 Å². The van der Waals surface area contributed by atoms with Crippen molar-refractivity contribution in [3.05, 3.63) is 45.5 Å². The monoisotopic (exact) mass is 489 g/mol. The van der Waals surface area contributed by atoms with Crippen LogP contribution >= 0.6 is 11.3 Å². The summed E-state index contributed by atoms with van der Waals surface area (Å²) in [6.45, 7) is 12.6. The molecule has 1 aromatic rings. The van der Waals surface area contributed by atoms with E-state index in [0.717, 1.165) is 21.8 Å². The molecule has 0 radical (unpaired) electrons. The van der Waals surface area contributed by atoms with Crippen LogP contribution in [0, 0.1) is 24.2 Å². The number of aryl methyl sites for hydroxylation is 1. The number of ketones is 1. The molecular formula is C27H39NO5S. The number of ether oxygens (including phenoxy) is 1. The minimum absolute atomic E-state index is 0.225. The molecule has 1 unspecified atom stereocenters. The predicted molar refractivity (Wildman–Crippen MR) is 136 cm³/mol. The number of rotatable bonds is 2. The molecule has 0 aromatic carbocycles. The molecule has 0 saturated carbocycles. The number of allylic oxidation sites excluding steroid dienone is 2. The highest BCUT2D eigenvalue weighted by molar-refractivity contribution is 7.09. The van der Waals surface area contributed by atoms with Gasteiger partial charge in [0.1, 0.15) is 11.9 Å². The Kier molecular flexibility index (Phi) is 9.97. The molecule has 34 heavy (non-hydrogen) atoms. The number of hydrogen-bond acceptors (Lipinski definition) is 7. The van der Waals surface area contributed by atoms with E-state index in [-0.39, 0.29) is 18.1 Å². The van der Waals surface area contributed by atoms with Gasteiger partial charge in [-0.2, -0.15) is 0 Å². The Morgan fingerprint density at radius 2 is 1.91 bits per heavy atom. The van der Waals surface area contributed by atoms with E-state index in [1.807, 2.05) is 57.4 Å². The number of aliphatic hydroxyl groups excluding tert-OH is 2. The van der Waals surface area contributed by atoms with Gasteiger partial charge in [0, 0.05) is 23.6 Å². The van der Waals surface area contributed by atoms with Crippen molar-refractivity contribution in [1.29, 1.82) is 0 Å². The normalized spacial score (nSPS) is 32.6. The molecule has 0 fully saturated rings. The lowest BCUT2D eigenvalue weighted by Gasteiger charge is -2.34. The number of esters is 1. The van der Waals surface area contributed by atoms with Crippen molar-refractivity contribution >= 4 is 29.2 Å². The number of aromatic nitrogens is 1. The summed E-state index contributed by atoms with van der Waals surface area (Å²) in [6.07, 6.45) is 6.13. The van der Waals surface area contributed by atoms with Crippen molar-refractivity contribution in [1.82, 2.24) is 4.98 Å². The van der Waals surface area contributed by atoms with Crippen LogP contribution in [0.1, 0.15) is 71.5 Å². The zero-order chi connectivity index (χ0) is 25.6. The third-order valence-corrected chi connectivity index (χ3v) is 7.44. The van der Waals surface area contributed by atoms with E-state index in [9.17, 15) is 19.8 Å². The molecule has 2 heterocycles. The Labute approximate surface area is 207 Å². The quantitative estimate of drug-likeness (QED) is 0.446. The first-order valence-corrected chi connectivity index (χ1v) is 12.7. The summed E-state index contributed by atoms with van der Waals surface area (Å²) in [6, 6.07) is 0. The molecule has 1 aliphatic heterocycles. The first kappa shape index (κ1) is 28.1. The van der Waals surface area contributed by atoms with E-state index in [2.05, 4.69) is 4.98 Å². The van der Waals surface area contributed by atoms with Gasteiger partial charge in [0.25, 0.3) is 0 Å². The van der Waals surface area contributed by atoms with Crippen molar-refractivity contribution in [2.45, 2.75) is 86.0 Å². The van der Waals surface area contributed by atoms with Crippen LogP contribution < -0.4 is 0 Å². The van der Waals surface area contributed by atoms with E-state index in [1.165, 1.54) is 0 Å². The first-order valence-electron chi connectivity index (χ1n) is 11.9. The Balaban J connectivity index is 2.37. The zero-order valence-corrected chi connectivity index (χ0v) is 22.2. The van der Waals surface area contributed by atoms with Crippen LogP contribution in [0.25, 0.3) is 6.08 Å². The summed E-state index contributed by atoms with van der Waals surface area (Å²) in [4.78, 5) is 30.4. The molecule has 188 valence electrons. The molecule has 0 spiro atoms. The number of cyclic esters (lactones) is 1. The SMILES string of the molecule is C/C1=C/CC(/C(C)=C/c2csc(C)n2)OC(=O)C[C@H](O)C(C)(C)C(=O)[C@H](C)[C@@H](O)[C@@H](C)/C=C/C1. The van der Waals surface area contributed by atoms with Gasteiger partial charge in [0.05, 0.1) is 34.7 Å². The molecule has 1 aliphatic rings. The molecule has 5 atom stereocenters. The second kappa shape index (κ2) is 12.0. The van der Waals surface area contributed by atoms with Crippen LogP contribution in [-0.4, -0.2) is 45.3 Å². The molecule has 0 bridgehead atoms. The molecule has 6 nitrogen and oxygen atoms in total. The third kappa shape index (κ3) is 7.45. The summed E-state index contributed by atoms with van der Waals surface area (Å²) >= 11 is 1.56. The van der Waals surface area contributed by atoms with Gasteiger partial charge in [-0.3, -0.25) is 9.59 Å². The molecular weight excluding hydrogens is 450 g/mol. The lowest BCUT2D eigenvalue weighted by molar-refractivity contribution is -0.154. The minimum atomic E-state index is -1.23. The highest BCUT2D eigenvalue weighted by atomic mass is 32.1.